The summed E-state index contributed by atoms with van der Waals surface area (Å²) in [6, 6.07) is 5.08. The molecule has 1 aromatic rings. The number of aryl methyl sites for hydroxylation is 1. The molecular weight excluding hydrogens is 371 g/mol. The van der Waals surface area contributed by atoms with Crippen LogP contribution < -0.4 is 0 Å². The molecule has 0 N–H and O–H groups in total. The van der Waals surface area contributed by atoms with Crippen molar-refractivity contribution in [3.8, 4) is 0 Å². The van der Waals surface area contributed by atoms with Crippen LogP contribution in [-0.4, -0.2) is 54.5 Å². The van der Waals surface area contributed by atoms with Gasteiger partial charge < -0.3 is 14.5 Å². The van der Waals surface area contributed by atoms with Gasteiger partial charge in [-0.1, -0.05) is 25.0 Å². The van der Waals surface area contributed by atoms with E-state index >= 15 is 0 Å². The van der Waals surface area contributed by atoms with Crippen molar-refractivity contribution >= 4 is 11.8 Å². The zero-order valence-electron chi connectivity index (χ0n) is 17.2. The highest BCUT2D eigenvalue weighted by Gasteiger charge is 2.39. The van der Waals surface area contributed by atoms with Crippen LogP contribution >= 0.6 is 0 Å². The molecule has 2 amide bonds. The maximum absolute atomic E-state index is 13.8. The van der Waals surface area contributed by atoms with Crippen LogP contribution in [0.5, 0.6) is 0 Å². The maximum atomic E-state index is 13.8. The quantitative estimate of drug-likeness (QED) is 0.778. The average molecular weight is 403 g/mol. The second kappa shape index (κ2) is 8.82. The second-order valence-electron chi connectivity index (χ2n) is 8.71. The minimum Gasteiger partial charge on any atom is -0.378 e. The van der Waals surface area contributed by atoms with E-state index in [-0.39, 0.29) is 35.5 Å². The molecule has 0 unspecified atom stereocenters. The molecule has 2 saturated heterocycles. The Morgan fingerprint density at radius 3 is 2.41 bits per heavy atom. The zero-order chi connectivity index (χ0) is 20.4. The van der Waals surface area contributed by atoms with E-state index in [0.717, 1.165) is 44.1 Å². The summed E-state index contributed by atoms with van der Waals surface area (Å²) in [7, 11) is 0. The number of benzene rings is 1. The Morgan fingerprint density at radius 1 is 1.00 bits per heavy atom. The first-order valence-corrected chi connectivity index (χ1v) is 11.0. The third-order valence-electron chi connectivity index (χ3n) is 6.81. The van der Waals surface area contributed by atoms with Gasteiger partial charge in [0, 0.05) is 25.6 Å². The summed E-state index contributed by atoms with van der Waals surface area (Å²) in [6.45, 7) is 4.66. The molecular formula is C23H31FN2O3. The van der Waals surface area contributed by atoms with Gasteiger partial charge in [0.2, 0.25) is 11.8 Å². The van der Waals surface area contributed by atoms with Gasteiger partial charge in [0.15, 0.2) is 0 Å². The van der Waals surface area contributed by atoms with Gasteiger partial charge in [0.05, 0.1) is 25.2 Å². The highest BCUT2D eigenvalue weighted by Crippen LogP contribution is 2.38. The number of halogens is 1. The molecule has 1 saturated carbocycles. The van der Waals surface area contributed by atoms with Gasteiger partial charge in [-0.15, -0.1) is 0 Å². The van der Waals surface area contributed by atoms with E-state index in [1.54, 1.807) is 13.0 Å². The van der Waals surface area contributed by atoms with E-state index in [1.165, 1.54) is 6.07 Å². The Labute approximate surface area is 172 Å². The van der Waals surface area contributed by atoms with Crippen molar-refractivity contribution in [3.05, 3.63) is 35.1 Å². The van der Waals surface area contributed by atoms with Gasteiger partial charge in [0.25, 0.3) is 0 Å². The van der Waals surface area contributed by atoms with Gasteiger partial charge in [0.1, 0.15) is 5.82 Å². The zero-order valence-corrected chi connectivity index (χ0v) is 17.2. The fraction of sp³-hybridized carbons (Fsp3) is 0.652. The van der Waals surface area contributed by atoms with E-state index in [1.807, 2.05) is 15.9 Å². The van der Waals surface area contributed by atoms with Crippen LogP contribution in [0.3, 0.4) is 0 Å². The molecule has 2 atom stereocenters. The van der Waals surface area contributed by atoms with Crippen molar-refractivity contribution in [3.63, 3.8) is 0 Å². The standard InChI is InChI=1S/C23H31FN2O3/c1-16-14-18(6-8-20(16)24)21-9-7-19(22(27)25-10-12-29-13-11-25)15-26(21)23(28)17-4-2-3-5-17/h6,8,14,17,19,21H,2-5,7,9-13,15H2,1H3/t19-,21+/m0/s1. The molecule has 0 bridgehead atoms. The fourth-order valence-corrected chi connectivity index (χ4v) is 5.09. The number of hydrogen-bond acceptors (Lipinski definition) is 3. The van der Waals surface area contributed by atoms with Crippen molar-refractivity contribution in [2.24, 2.45) is 11.8 Å². The number of nitrogens with zero attached hydrogens (tertiary/aromatic N) is 2. The minimum absolute atomic E-state index is 0.0660. The first-order chi connectivity index (χ1) is 14.0. The number of likely N-dealkylation sites (tertiary alicyclic amines) is 1. The largest absolute Gasteiger partial charge is 0.378 e. The molecule has 2 aliphatic heterocycles. The third kappa shape index (κ3) is 4.32. The Morgan fingerprint density at radius 2 is 1.72 bits per heavy atom. The van der Waals surface area contributed by atoms with E-state index in [9.17, 15) is 14.0 Å². The Balaban J connectivity index is 1.56. The van der Waals surface area contributed by atoms with E-state index in [0.29, 0.717) is 38.4 Å². The molecule has 0 radical (unpaired) electrons. The SMILES string of the molecule is Cc1cc([C@H]2CC[C@H](C(=O)N3CCOCC3)CN2C(=O)C2CCCC2)ccc1F. The number of morpholine rings is 1. The molecule has 1 aromatic carbocycles. The highest BCUT2D eigenvalue weighted by atomic mass is 19.1. The van der Waals surface area contributed by atoms with E-state index < -0.39 is 0 Å². The van der Waals surface area contributed by atoms with Crippen LogP contribution in [0.25, 0.3) is 0 Å². The van der Waals surface area contributed by atoms with E-state index in [2.05, 4.69) is 0 Å². The Bertz CT molecular complexity index is 756. The minimum atomic E-state index is -0.224. The van der Waals surface area contributed by atoms with Gasteiger partial charge in [-0.3, -0.25) is 9.59 Å². The Kier molecular flexibility index (Phi) is 6.18. The highest BCUT2D eigenvalue weighted by molar-refractivity contribution is 5.83. The number of ether oxygens (including phenoxy) is 1. The van der Waals surface area contributed by atoms with Crippen LogP contribution in [0.1, 0.15) is 55.7 Å². The molecule has 3 fully saturated rings. The van der Waals surface area contributed by atoms with Crippen molar-refractivity contribution < 1.29 is 18.7 Å². The topological polar surface area (TPSA) is 49.9 Å². The number of carbonyl (C=O) groups excluding carboxylic acids is 2. The summed E-state index contributed by atoms with van der Waals surface area (Å²) in [6.07, 6.45) is 5.57. The predicted octanol–water partition coefficient (Wildman–Crippen LogP) is 3.46. The van der Waals surface area contributed by atoms with Crippen LogP contribution in [-0.2, 0) is 14.3 Å². The first kappa shape index (κ1) is 20.3. The van der Waals surface area contributed by atoms with Crippen molar-refractivity contribution in [2.75, 3.05) is 32.8 Å². The maximum Gasteiger partial charge on any atom is 0.227 e. The summed E-state index contributed by atoms with van der Waals surface area (Å²) < 4.78 is 19.2. The monoisotopic (exact) mass is 402 g/mol. The molecule has 6 heteroatoms. The average Bonchev–Trinajstić information content (AvgIpc) is 3.30. The molecule has 5 nitrogen and oxygen atoms in total. The Hall–Kier alpha value is -1.95. The molecule has 4 rings (SSSR count). The van der Waals surface area contributed by atoms with Gasteiger partial charge in [-0.25, -0.2) is 4.39 Å². The molecule has 3 aliphatic rings. The summed E-state index contributed by atoms with van der Waals surface area (Å²) in [5, 5.41) is 0. The van der Waals surface area contributed by atoms with Crippen molar-refractivity contribution in [1.82, 2.24) is 9.80 Å². The molecule has 2 heterocycles. The predicted molar refractivity (Wildman–Crippen MR) is 108 cm³/mol. The van der Waals surface area contributed by atoms with Crippen LogP contribution in [0, 0.1) is 24.6 Å². The number of hydrogen-bond donors (Lipinski definition) is 0. The molecule has 0 aromatic heterocycles. The van der Waals surface area contributed by atoms with Crippen LogP contribution in [0.4, 0.5) is 4.39 Å². The summed E-state index contributed by atoms with van der Waals surface area (Å²) in [5.74, 6) is 0.00588. The molecule has 0 spiro atoms. The van der Waals surface area contributed by atoms with Crippen molar-refractivity contribution in [1.29, 1.82) is 0 Å². The molecule has 1 aliphatic carbocycles. The van der Waals surface area contributed by atoms with Gasteiger partial charge in [-0.2, -0.15) is 0 Å². The van der Waals surface area contributed by atoms with Crippen molar-refractivity contribution in [2.45, 2.75) is 51.5 Å². The number of carbonyl (C=O) groups is 2. The lowest BCUT2D eigenvalue weighted by molar-refractivity contribution is -0.147. The third-order valence-corrected chi connectivity index (χ3v) is 6.81. The smallest absolute Gasteiger partial charge is 0.227 e. The number of amides is 2. The van der Waals surface area contributed by atoms with Crippen LogP contribution in [0.15, 0.2) is 18.2 Å². The lowest BCUT2D eigenvalue weighted by Crippen LogP contribution is -2.51. The normalized spacial score (nSPS) is 26.0. The summed E-state index contributed by atoms with van der Waals surface area (Å²) >= 11 is 0. The van der Waals surface area contributed by atoms with Gasteiger partial charge >= 0.3 is 0 Å². The van der Waals surface area contributed by atoms with Gasteiger partial charge in [-0.05, 0) is 49.8 Å². The fourth-order valence-electron chi connectivity index (χ4n) is 5.09. The second-order valence-corrected chi connectivity index (χ2v) is 8.71. The van der Waals surface area contributed by atoms with Crippen LogP contribution in [0.2, 0.25) is 0 Å². The summed E-state index contributed by atoms with van der Waals surface area (Å²) in [5.41, 5.74) is 1.58. The first-order valence-electron chi connectivity index (χ1n) is 11.0. The number of piperidine rings is 1. The number of rotatable bonds is 3. The van der Waals surface area contributed by atoms with E-state index in [4.69, 9.17) is 4.74 Å². The lowest BCUT2D eigenvalue weighted by Gasteiger charge is -2.42. The molecule has 158 valence electrons. The molecule has 29 heavy (non-hydrogen) atoms. The lowest BCUT2D eigenvalue weighted by atomic mass is 9.86. The summed E-state index contributed by atoms with van der Waals surface area (Å²) in [4.78, 5) is 30.3.